The number of rotatable bonds is 5. The van der Waals surface area contributed by atoms with E-state index < -0.39 is 5.91 Å². The van der Waals surface area contributed by atoms with Crippen molar-refractivity contribution in [1.29, 1.82) is 0 Å². The van der Waals surface area contributed by atoms with Gasteiger partial charge in [0.05, 0.1) is 5.56 Å². The summed E-state index contributed by atoms with van der Waals surface area (Å²) in [7, 11) is 0. The number of benzene rings is 1. The number of carbonyl (C=O) groups is 1. The molecule has 1 aromatic carbocycles. The summed E-state index contributed by atoms with van der Waals surface area (Å²) >= 11 is 0. The van der Waals surface area contributed by atoms with Crippen LogP contribution in [0.15, 0.2) is 36.4 Å². The normalized spacial score (nSPS) is 12.0. The van der Waals surface area contributed by atoms with Gasteiger partial charge in [-0.3, -0.25) is 4.79 Å². The van der Waals surface area contributed by atoms with E-state index in [1.165, 1.54) is 0 Å². The predicted octanol–water partition coefficient (Wildman–Crippen LogP) is 1.91. The highest BCUT2D eigenvalue weighted by Crippen LogP contribution is 2.19. The molecule has 0 radical (unpaired) electrons. The maximum atomic E-state index is 11.6. The summed E-state index contributed by atoms with van der Waals surface area (Å²) in [6.45, 7) is 4.19. The third kappa shape index (κ3) is 3.58. The van der Waals surface area contributed by atoms with Crippen LogP contribution >= 0.6 is 0 Å². The number of anilines is 1. The molecule has 2 aromatic rings. The van der Waals surface area contributed by atoms with Crippen LogP contribution in [0.2, 0.25) is 0 Å². The molecular formula is C16H20N4O. The first kappa shape index (κ1) is 15.0. The van der Waals surface area contributed by atoms with Gasteiger partial charge < -0.3 is 16.8 Å². The van der Waals surface area contributed by atoms with Gasteiger partial charge in [-0.25, -0.2) is 4.98 Å². The molecule has 0 aliphatic carbocycles. The van der Waals surface area contributed by atoms with Gasteiger partial charge in [0.25, 0.3) is 5.91 Å². The smallest absolute Gasteiger partial charge is 0.252 e. The molecule has 0 spiro atoms. The molecule has 1 aromatic heterocycles. The van der Waals surface area contributed by atoms with Crippen molar-refractivity contribution in [2.45, 2.75) is 19.9 Å². The molecule has 0 fully saturated rings. The number of aromatic nitrogens is 1. The van der Waals surface area contributed by atoms with Crippen LogP contribution in [0.1, 0.15) is 33.2 Å². The number of hydrogen-bond acceptors (Lipinski definition) is 4. The summed E-state index contributed by atoms with van der Waals surface area (Å²) in [4.78, 5) is 15.9. The first-order valence-electron chi connectivity index (χ1n) is 6.81. The van der Waals surface area contributed by atoms with E-state index in [0.717, 1.165) is 16.8 Å². The maximum Gasteiger partial charge on any atom is 0.252 e. The van der Waals surface area contributed by atoms with E-state index in [9.17, 15) is 4.79 Å². The van der Waals surface area contributed by atoms with Crippen LogP contribution in [0.5, 0.6) is 0 Å². The molecule has 0 saturated heterocycles. The average Bonchev–Trinajstić information content (AvgIpc) is 2.44. The summed E-state index contributed by atoms with van der Waals surface area (Å²) in [5, 5.41) is 3.14. The number of pyridine rings is 1. The van der Waals surface area contributed by atoms with Gasteiger partial charge in [0.2, 0.25) is 0 Å². The molecule has 0 aliphatic heterocycles. The number of nitrogens with two attached hydrogens (primary N) is 2. The number of primary amides is 1. The third-order valence-corrected chi connectivity index (χ3v) is 3.31. The van der Waals surface area contributed by atoms with Crippen LogP contribution in [0.4, 0.5) is 5.82 Å². The number of nitrogens with zero attached hydrogens (tertiary/aromatic N) is 1. The van der Waals surface area contributed by atoms with Gasteiger partial charge in [-0.15, -0.1) is 0 Å². The quantitative estimate of drug-likeness (QED) is 0.781. The molecule has 5 N–H and O–H groups in total. The van der Waals surface area contributed by atoms with Crippen LogP contribution in [0.3, 0.4) is 0 Å². The zero-order chi connectivity index (χ0) is 15.4. The average molecular weight is 284 g/mol. The van der Waals surface area contributed by atoms with Crippen LogP contribution < -0.4 is 16.8 Å². The van der Waals surface area contributed by atoms with Crippen molar-refractivity contribution in [3.8, 4) is 0 Å². The standard InChI is InChI=1S/C16H20N4O/c1-10-8-11(2)20-16(14(10)15(18)21)19-9-13(17)12-6-4-3-5-7-12/h3-8,13H,9,17H2,1-2H3,(H2,18,21)(H,19,20). The summed E-state index contributed by atoms with van der Waals surface area (Å²) in [6.07, 6.45) is 0. The van der Waals surface area contributed by atoms with Crippen LogP contribution in [0.25, 0.3) is 0 Å². The molecule has 1 atom stereocenters. The van der Waals surface area contributed by atoms with E-state index >= 15 is 0 Å². The van der Waals surface area contributed by atoms with E-state index in [1.807, 2.05) is 50.2 Å². The Balaban J connectivity index is 2.18. The van der Waals surface area contributed by atoms with Crippen molar-refractivity contribution in [1.82, 2.24) is 4.98 Å². The zero-order valence-electron chi connectivity index (χ0n) is 12.3. The highest BCUT2D eigenvalue weighted by Gasteiger charge is 2.15. The molecule has 5 heteroatoms. The van der Waals surface area contributed by atoms with Gasteiger partial charge in [0.15, 0.2) is 0 Å². The Morgan fingerprint density at radius 1 is 1.29 bits per heavy atom. The zero-order valence-corrected chi connectivity index (χ0v) is 12.3. The molecule has 1 unspecified atom stereocenters. The lowest BCUT2D eigenvalue weighted by atomic mass is 10.1. The summed E-state index contributed by atoms with van der Waals surface area (Å²) in [5.41, 5.74) is 14.7. The second-order valence-corrected chi connectivity index (χ2v) is 5.07. The van der Waals surface area contributed by atoms with Crippen molar-refractivity contribution < 1.29 is 4.79 Å². The van der Waals surface area contributed by atoms with Crippen molar-refractivity contribution in [3.05, 3.63) is 58.8 Å². The predicted molar refractivity (Wildman–Crippen MR) is 84.1 cm³/mol. The van der Waals surface area contributed by atoms with Gasteiger partial charge in [0.1, 0.15) is 5.82 Å². The van der Waals surface area contributed by atoms with E-state index in [2.05, 4.69) is 10.3 Å². The minimum Gasteiger partial charge on any atom is -0.367 e. The first-order chi connectivity index (χ1) is 9.99. The molecule has 21 heavy (non-hydrogen) atoms. The fraction of sp³-hybridized carbons (Fsp3) is 0.250. The molecule has 1 heterocycles. The topological polar surface area (TPSA) is 94.0 Å². The SMILES string of the molecule is Cc1cc(C)c(C(N)=O)c(NCC(N)c2ccccc2)n1. The van der Waals surface area contributed by atoms with Crippen LogP contribution in [-0.2, 0) is 0 Å². The number of nitrogens with one attached hydrogen (secondary N) is 1. The van der Waals surface area contributed by atoms with E-state index in [0.29, 0.717) is 17.9 Å². The molecule has 110 valence electrons. The molecular weight excluding hydrogens is 264 g/mol. The highest BCUT2D eigenvalue weighted by molar-refractivity contribution is 5.99. The van der Waals surface area contributed by atoms with Crippen molar-refractivity contribution in [2.24, 2.45) is 11.5 Å². The minimum atomic E-state index is -0.490. The Labute approximate surface area is 124 Å². The van der Waals surface area contributed by atoms with E-state index in [-0.39, 0.29) is 6.04 Å². The number of hydrogen-bond donors (Lipinski definition) is 3. The van der Waals surface area contributed by atoms with Gasteiger partial charge in [-0.2, -0.15) is 0 Å². The largest absolute Gasteiger partial charge is 0.367 e. The van der Waals surface area contributed by atoms with Gasteiger partial charge >= 0.3 is 0 Å². The Kier molecular flexibility index (Phi) is 4.55. The van der Waals surface area contributed by atoms with Crippen LogP contribution in [-0.4, -0.2) is 17.4 Å². The third-order valence-electron chi connectivity index (χ3n) is 3.31. The van der Waals surface area contributed by atoms with Gasteiger partial charge in [-0.05, 0) is 31.0 Å². The van der Waals surface area contributed by atoms with Crippen LogP contribution in [0, 0.1) is 13.8 Å². The highest BCUT2D eigenvalue weighted by atomic mass is 16.1. The Bertz CT molecular complexity index is 640. The second kappa shape index (κ2) is 6.37. The molecule has 5 nitrogen and oxygen atoms in total. The summed E-state index contributed by atoms with van der Waals surface area (Å²) in [5.74, 6) is 0.00200. The Morgan fingerprint density at radius 3 is 2.57 bits per heavy atom. The van der Waals surface area contributed by atoms with E-state index in [1.54, 1.807) is 0 Å². The maximum absolute atomic E-state index is 11.6. The molecule has 0 bridgehead atoms. The molecule has 0 saturated carbocycles. The fourth-order valence-corrected chi connectivity index (χ4v) is 2.30. The lowest BCUT2D eigenvalue weighted by Gasteiger charge is -2.16. The minimum absolute atomic E-state index is 0.186. The first-order valence-corrected chi connectivity index (χ1v) is 6.81. The number of amides is 1. The van der Waals surface area contributed by atoms with Crippen molar-refractivity contribution in [2.75, 3.05) is 11.9 Å². The number of aryl methyl sites for hydroxylation is 2. The molecule has 1 amide bonds. The van der Waals surface area contributed by atoms with Gasteiger partial charge in [0, 0.05) is 18.3 Å². The van der Waals surface area contributed by atoms with E-state index in [4.69, 9.17) is 11.5 Å². The molecule has 2 rings (SSSR count). The second-order valence-electron chi connectivity index (χ2n) is 5.07. The number of carbonyl (C=O) groups excluding carboxylic acids is 1. The summed E-state index contributed by atoms with van der Waals surface area (Å²) in [6, 6.07) is 11.4. The Hall–Kier alpha value is -2.40. The Morgan fingerprint density at radius 2 is 1.95 bits per heavy atom. The lowest BCUT2D eigenvalue weighted by Crippen LogP contribution is -2.24. The van der Waals surface area contributed by atoms with Gasteiger partial charge in [-0.1, -0.05) is 30.3 Å². The summed E-state index contributed by atoms with van der Waals surface area (Å²) < 4.78 is 0. The van der Waals surface area contributed by atoms with Crippen molar-refractivity contribution in [3.63, 3.8) is 0 Å². The molecule has 0 aliphatic rings. The monoisotopic (exact) mass is 284 g/mol. The lowest BCUT2D eigenvalue weighted by molar-refractivity contribution is 0.1000. The van der Waals surface area contributed by atoms with Crippen molar-refractivity contribution >= 4 is 11.7 Å². The fourth-order valence-electron chi connectivity index (χ4n) is 2.30.